The molecule has 0 amide bonds. The Morgan fingerprint density at radius 1 is 0.479 bits per heavy atom. The molecule has 0 unspecified atom stereocenters. The average Bonchev–Trinajstić information content (AvgIpc) is 3.59. The first kappa shape index (κ1) is 27.4. The number of thiophene rings is 1. The minimum absolute atomic E-state index is 0.851. The monoisotopic (exact) mass is 630 g/mol. The van der Waals surface area contributed by atoms with Crippen molar-refractivity contribution in [1.82, 2.24) is 0 Å². The molecule has 1 aromatic heterocycles. The Labute approximate surface area is 283 Å². The Bertz CT molecular complexity index is 2630. The van der Waals surface area contributed by atoms with E-state index in [0.29, 0.717) is 0 Å². The third-order valence-electron chi connectivity index (χ3n) is 10.1. The van der Waals surface area contributed by atoms with Crippen LogP contribution in [0.15, 0.2) is 163 Å². The molecular formula is C46H30OS. The smallest absolute Gasteiger partial charge is 0.136 e. The molecule has 226 valence electrons. The second-order valence-corrected chi connectivity index (χ2v) is 13.6. The van der Waals surface area contributed by atoms with Crippen LogP contribution in [-0.2, 0) is 0 Å². The Hall–Kier alpha value is -5.70. The van der Waals surface area contributed by atoms with Crippen molar-refractivity contribution in [2.45, 2.75) is 12.8 Å². The first-order valence-corrected chi connectivity index (χ1v) is 17.5. The van der Waals surface area contributed by atoms with E-state index >= 15 is 0 Å². The van der Waals surface area contributed by atoms with Crippen molar-refractivity contribution in [3.05, 3.63) is 174 Å². The highest BCUT2D eigenvalue weighted by Crippen LogP contribution is 2.52. The van der Waals surface area contributed by atoms with Gasteiger partial charge in [-0.1, -0.05) is 133 Å². The fourth-order valence-corrected chi connectivity index (χ4v) is 8.84. The summed E-state index contributed by atoms with van der Waals surface area (Å²) in [6.07, 6.45) is 4.18. The minimum atomic E-state index is 0.851. The first-order valence-electron chi connectivity index (χ1n) is 16.6. The highest BCUT2D eigenvalue weighted by molar-refractivity contribution is 7.18. The highest BCUT2D eigenvalue weighted by Gasteiger charge is 2.28. The number of ether oxygens (including phenoxy) is 1. The van der Waals surface area contributed by atoms with Crippen LogP contribution in [-0.4, -0.2) is 0 Å². The molecule has 0 fully saturated rings. The molecule has 2 aliphatic rings. The van der Waals surface area contributed by atoms with E-state index in [2.05, 4.69) is 157 Å². The lowest BCUT2D eigenvalue weighted by Gasteiger charge is -2.21. The van der Waals surface area contributed by atoms with Gasteiger partial charge in [0.05, 0.1) is 0 Å². The molecule has 1 aliphatic carbocycles. The van der Waals surface area contributed by atoms with Gasteiger partial charge in [0.25, 0.3) is 0 Å². The molecular weight excluding hydrogens is 601 g/mol. The topological polar surface area (TPSA) is 9.23 Å². The van der Waals surface area contributed by atoms with Gasteiger partial charge in [0.2, 0.25) is 0 Å². The van der Waals surface area contributed by atoms with Gasteiger partial charge in [-0.05, 0) is 90.5 Å². The van der Waals surface area contributed by atoms with Crippen LogP contribution in [0.25, 0.3) is 76.2 Å². The normalized spacial score (nSPS) is 13.9. The van der Waals surface area contributed by atoms with Crippen molar-refractivity contribution >= 4 is 54.1 Å². The lowest BCUT2D eigenvalue weighted by Crippen LogP contribution is -2.04. The Kier molecular flexibility index (Phi) is 6.25. The van der Waals surface area contributed by atoms with Gasteiger partial charge in [0.15, 0.2) is 0 Å². The van der Waals surface area contributed by atoms with Crippen molar-refractivity contribution in [2.75, 3.05) is 0 Å². The predicted molar refractivity (Wildman–Crippen MR) is 204 cm³/mol. The summed E-state index contributed by atoms with van der Waals surface area (Å²) in [6.45, 7) is 0. The molecule has 10 rings (SSSR count). The standard InChI is InChI=1S/C46H30OS/c1-2-11-29(12-3-1)34-22-23-38(36-17-7-6-16-35(34)36)42-28-44-45(40-25-26-48-46(40)42)39-19-9-8-18-37(39)41-27-31(21-24-43(41)47-44)33-20-10-14-30-13-4-5-15-32(30)33/h1-20,22-23,25-28H,21,24H2. The van der Waals surface area contributed by atoms with Crippen molar-refractivity contribution in [3.63, 3.8) is 0 Å². The number of fused-ring (bicyclic) bond motifs is 8. The van der Waals surface area contributed by atoms with Gasteiger partial charge in [-0.15, -0.1) is 11.3 Å². The van der Waals surface area contributed by atoms with Crippen LogP contribution in [0.3, 0.4) is 0 Å². The van der Waals surface area contributed by atoms with Gasteiger partial charge in [-0.3, -0.25) is 0 Å². The van der Waals surface area contributed by atoms with Crippen LogP contribution in [0.1, 0.15) is 24.0 Å². The van der Waals surface area contributed by atoms with Gasteiger partial charge >= 0.3 is 0 Å². The maximum Gasteiger partial charge on any atom is 0.136 e. The van der Waals surface area contributed by atoms with E-state index in [1.807, 2.05) is 11.3 Å². The zero-order chi connectivity index (χ0) is 31.6. The van der Waals surface area contributed by atoms with E-state index in [9.17, 15) is 0 Å². The summed E-state index contributed by atoms with van der Waals surface area (Å²) in [5, 5.41) is 8.57. The van der Waals surface area contributed by atoms with Crippen molar-refractivity contribution in [1.29, 1.82) is 0 Å². The van der Waals surface area contributed by atoms with Crippen LogP contribution in [0, 0.1) is 0 Å². The minimum Gasteiger partial charge on any atom is -0.460 e. The molecule has 0 radical (unpaired) electrons. The zero-order valence-corrected chi connectivity index (χ0v) is 27.1. The largest absolute Gasteiger partial charge is 0.460 e. The van der Waals surface area contributed by atoms with Crippen LogP contribution in [0.4, 0.5) is 0 Å². The van der Waals surface area contributed by atoms with Crippen LogP contribution >= 0.6 is 11.3 Å². The van der Waals surface area contributed by atoms with E-state index in [-0.39, 0.29) is 0 Å². The van der Waals surface area contributed by atoms with Gasteiger partial charge < -0.3 is 4.74 Å². The molecule has 1 nitrogen and oxygen atoms in total. The summed E-state index contributed by atoms with van der Waals surface area (Å²) in [4.78, 5) is 0. The van der Waals surface area contributed by atoms with E-state index < -0.39 is 0 Å². The lowest BCUT2D eigenvalue weighted by atomic mass is 9.85. The van der Waals surface area contributed by atoms with Crippen molar-refractivity contribution < 1.29 is 4.74 Å². The number of allylic oxidation sites excluding steroid dienone is 4. The maximum atomic E-state index is 7.10. The quantitative estimate of drug-likeness (QED) is 0.189. The van der Waals surface area contributed by atoms with E-state index in [0.717, 1.165) is 24.4 Å². The zero-order valence-electron chi connectivity index (χ0n) is 26.2. The van der Waals surface area contributed by atoms with Gasteiger partial charge in [-0.2, -0.15) is 0 Å². The molecule has 0 saturated carbocycles. The van der Waals surface area contributed by atoms with Gasteiger partial charge in [0, 0.05) is 33.2 Å². The molecule has 8 aromatic rings. The summed E-state index contributed by atoms with van der Waals surface area (Å²) in [5.41, 5.74) is 12.5. The molecule has 48 heavy (non-hydrogen) atoms. The fraction of sp³-hybridized carbons (Fsp3) is 0.0435. The third-order valence-corrected chi connectivity index (χ3v) is 11.0. The average molecular weight is 631 g/mol. The Morgan fingerprint density at radius 2 is 1.17 bits per heavy atom. The summed E-state index contributed by atoms with van der Waals surface area (Å²) in [7, 11) is 0. The van der Waals surface area contributed by atoms with Gasteiger partial charge in [0.1, 0.15) is 11.5 Å². The Balaban J connectivity index is 1.18. The van der Waals surface area contributed by atoms with Crippen molar-refractivity contribution in [3.8, 4) is 39.1 Å². The summed E-state index contributed by atoms with van der Waals surface area (Å²) >= 11 is 1.82. The molecule has 0 atom stereocenters. The SMILES string of the molecule is C1=C(c2cccc3ccccc23)CCC2=C1c1ccccc1-c1c(cc(-c3ccc(-c4ccccc4)c4ccccc34)c3sccc13)O2. The number of benzene rings is 7. The van der Waals surface area contributed by atoms with Crippen LogP contribution in [0.2, 0.25) is 0 Å². The molecule has 0 saturated heterocycles. The van der Waals surface area contributed by atoms with Crippen LogP contribution in [0.5, 0.6) is 5.75 Å². The van der Waals surface area contributed by atoms with Crippen molar-refractivity contribution in [2.24, 2.45) is 0 Å². The Morgan fingerprint density at radius 3 is 2.04 bits per heavy atom. The molecule has 2 heteroatoms. The second kappa shape index (κ2) is 10.9. The van der Waals surface area contributed by atoms with Gasteiger partial charge in [-0.25, -0.2) is 0 Å². The highest BCUT2D eigenvalue weighted by atomic mass is 32.1. The molecule has 0 N–H and O–H groups in total. The fourth-order valence-electron chi connectivity index (χ4n) is 7.91. The molecule has 1 aliphatic heterocycles. The maximum absolute atomic E-state index is 7.10. The predicted octanol–water partition coefficient (Wildman–Crippen LogP) is 13.2. The molecule has 0 bridgehead atoms. The molecule has 7 aromatic carbocycles. The second-order valence-electron chi connectivity index (χ2n) is 12.7. The van der Waals surface area contributed by atoms with E-state index in [4.69, 9.17) is 4.74 Å². The molecule has 0 spiro atoms. The number of rotatable bonds is 3. The van der Waals surface area contributed by atoms with E-state index in [1.54, 1.807) is 0 Å². The van der Waals surface area contributed by atoms with E-state index in [1.165, 1.54) is 87.3 Å². The number of hydrogen-bond donors (Lipinski definition) is 0. The number of hydrogen-bond acceptors (Lipinski definition) is 2. The summed E-state index contributed by atoms with van der Waals surface area (Å²) in [6, 6.07) is 52.9. The molecule has 2 heterocycles. The first-order chi connectivity index (χ1) is 23.8. The lowest BCUT2D eigenvalue weighted by molar-refractivity contribution is 0.410. The third kappa shape index (κ3) is 4.23. The summed E-state index contributed by atoms with van der Waals surface area (Å²) < 4.78 is 8.39. The summed E-state index contributed by atoms with van der Waals surface area (Å²) in [5.74, 6) is 1.99. The van der Waals surface area contributed by atoms with Crippen LogP contribution < -0.4 is 4.74 Å².